The number of fused-ring (bicyclic) bond motifs is 3. The third kappa shape index (κ3) is 3.66. The molecule has 26 heavy (non-hydrogen) atoms. The molecule has 4 atom stereocenters. The summed E-state index contributed by atoms with van der Waals surface area (Å²) in [5.74, 6) is 1.51. The zero-order valence-electron chi connectivity index (χ0n) is 15.1. The van der Waals surface area contributed by atoms with E-state index in [0.29, 0.717) is 25.1 Å². The van der Waals surface area contributed by atoms with Gasteiger partial charge in [-0.05, 0) is 18.1 Å². The number of rotatable bonds is 7. The zero-order valence-corrected chi connectivity index (χ0v) is 15.1. The summed E-state index contributed by atoms with van der Waals surface area (Å²) in [6, 6.07) is 4.22. The van der Waals surface area contributed by atoms with Crippen molar-refractivity contribution in [2.45, 2.75) is 38.6 Å². The van der Waals surface area contributed by atoms with Gasteiger partial charge in [0.05, 0.1) is 51.2 Å². The van der Waals surface area contributed by atoms with E-state index in [-0.39, 0.29) is 11.8 Å². The third-order valence-electron chi connectivity index (χ3n) is 5.69. The minimum Gasteiger partial charge on any atom is -0.467 e. The SMILES string of the molecule is COCc1cn(C[C@H]2C[C@@H]3CC[NH+]2C[C@@H]3C(=O)NCc2ccco2)nn1. The molecule has 5 rings (SSSR count). The molecule has 2 N–H and O–H groups in total. The first-order chi connectivity index (χ1) is 12.7. The molecule has 8 nitrogen and oxygen atoms in total. The Morgan fingerprint density at radius 1 is 1.54 bits per heavy atom. The van der Waals surface area contributed by atoms with Gasteiger partial charge in [-0.3, -0.25) is 4.79 Å². The first kappa shape index (κ1) is 17.2. The first-order valence-corrected chi connectivity index (χ1v) is 9.25. The van der Waals surface area contributed by atoms with Crippen LogP contribution in [0, 0.1) is 11.8 Å². The lowest BCUT2D eigenvalue weighted by molar-refractivity contribution is -0.945. The second-order valence-electron chi connectivity index (χ2n) is 7.36. The van der Waals surface area contributed by atoms with Crippen LogP contribution in [0.15, 0.2) is 29.0 Å². The molecule has 0 spiro atoms. The highest BCUT2D eigenvalue weighted by molar-refractivity contribution is 5.79. The van der Waals surface area contributed by atoms with Crippen LogP contribution in [0.2, 0.25) is 0 Å². The Balaban J connectivity index is 1.32. The second kappa shape index (κ2) is 7.59. The van der Waals surface area contributed by atoms with Gasteiger partial charge in [-0.2, -0.15) is 0 Å². The van der Waals surface area contributed by atoms with Crippen LogP contribution in [0.3, 0.4) is 0 Å². The molecular formula is C18H26N5O3+. The van der Waals surface area contributed by atoms with Crippen LogP contribution in [0.1, 0.15) is 24.3 Å². The highest BCUT2D eigenvalue weighted by Crippen LogP contribution is 2.27. The quantitative estimate of drug-likeness (QED) is 0.703. The summed E-state index contributed by atoms with van der Waals surface area (Å²) in [6.07, 6.45) is 5.77. The van der Waals surface area contributed by atoms with Gasteiger partial charge in [0.25, 0.3) is 0 Å². The molecule has 140 valence electrons. The normalized spacial score (nSPS) is 27.6. The Morgan fingerprint density at radius 2 is 2.46 bits per heavy atom. The molecule has 0 aromatic carbocycles. The summed E-state index contributed by atoms with van der Waals surface area (Å²) in [5, 5.41) is 11.4. The van der Waals surface area contributed by atoms with Crippen molar-refractivity contribution >= 4 is 5.91 Å². The zero-order chi connectivity index (χ0) is 17.9. The molecular weight excluding hydrogens is 334 g/mol. The van der Waals surface area contributed by atoms with Crippen molar-refractivity contribution in [3.63, 3.8) is 0 Å². The maximum absolute atomic E-state index is 12.6. The van der Waals surface area contributed by atoms with Crippen molar-refractivity contribution in [2.24, 2.45) is 11.8 Å². The number of hydrogen-bond donors (Lipinski definition) is 2. The van der Waals surface area contributed by atoms with E-state index in [2.05, 4.69) is 15.6 Å². The molecule has 0 aliphatic carbocycles. The Bertz CT molecular complexity index is 729. The molecule has 1 unspecified atom stereocenters. The van der Waals surface area contributed by atoms with Crippen LogP contribution in [0.5, 0.6) is 0 Å². The van der Waals surface area contributed by atoms with E-state index < -0.39 is 0 Å². The van der Waals surface area contributed by atoms with E-state index in [0.717, 1.165) is 43.9 Å². The summed E-state index contributed by atoms with van der Waals surface area (Å²) in [4.78, 5) is 14.1. The van der Waals surface area contributed by atoms with Gasteiger partial charge in [-0.1, -0.05) is 5.21 Å². The number of amides is 1. The molecule has 1 amide bonds. The predicted molar refractivity (Wildman–Crippen MR) is 92.0 cm³/mol. The molecule has 0 radical (unpaired) electrons. The van der Waals surface area contributed by atoms with Crippen molar-refractivity contribution in [1.82, 2.24) is 20.3 Å². The average molecular weight is 360 g/mol. The smallest absolute Gasteiger partial charge is 0.229 e. The number of furan rings is 1. The maximum atomic E-state index is 12.6. The predicted octanol–water partition coefficient (Wildman–Crippen LogP) is -0.373. The van der Waals surface area contributed by atoms with Crippen LogP contribution < -0.4 is 10.2 Å². The maximum Gasteiger partial charge on any atom is 0.229 e. The number of hydrogen-bond acceptors (Lipinski definition) is 5. The number of ether oxygens (including phenoxy) is 1. The van der Waals surface area contributed by atoms with Crippen LogP contribution in [-0.4, -0.2) is 47.1 Å². The van der Waals surface area contributed by atoms with E-state index >= 15 is 0 Å². The third-order valence-corrected chi connectivity index (χ3v) is 5.69. The first-order valence-electron chi connectivity index (χ1n) is 9.25. The fourth-order valence-electron chi connectivity index (χ4n) is 4.40. The number of methoxy groups -OCH3 is 1. The number of quaternary nitrogens is 1. The number of carbonyl (C=O) groups is 1. The Morgan fingerprint density at radius 3 is 3.19 bits per heavy atom. The molecule has 3 saturated heterocycles. The number of aromatic nitrogens is 3. The molecule has 8 heteroatoms. The summed E-state index contributed by atoms with van der Waals surface area (Å²) in [5.41, 5.74) is 0.855. The Kier molecular flexibility index (Phi) is 5.03. The fourth-order valence-corrected chi connectivity index (χ4v) is 4.40. The highest BCUT2D eigenvalue weighted by Gasteiger charge is 2.46. The number of nitrogens with one attached hydrogen (secondary N) is 2. The molecule has 5 heterocycles. The van der Waals surface area contributed by atoms with Crippen molar-refractivity contribution < 1.29 is 18.8 Å². The highest BCUT2D eigenvalue weighted by atomic mass is 16.5. The van der Waals surface area contributed by atoms with Crippen LogP contribution in [0.4, 0.5) is 0 Å². The molecule has 2 aromatic heterocycles. The minimum absolute atomic E-state index is 0.102. The van der Waals surface area contributed by atoms with Gasteiger partial charge in [0.1, 0.15) is 17.5 Å². The van der Waals surface area contributed by atoms with Gasteiger partial charge in [0, 0.05) is 20.0 Å². The summed E-state index contributed by atoms with van der Waals surface area (Å²) in [6.45, 7) is 3.84. The van der Waals surface area contributed by atoms with Crippen LogP contribution in [0.25, 0.3) is 0 Å². The van der Waals surface area contributed by atoms with Crippen molar-refractivity contribution in [3.8, 4) is 0 Å². The topological polar surface area (TPSA) is 86.6 Å². The van der Waals surface area contributed by atoms with Crippen LogP contribution >= 0.6 is 0 Å². The molecule has 3 fully saturated rings. The number of piperidine rings is 3. The summed E-state index contributed by atoms with van der Waals surface area (Å²) < 4.78 is 12.3. The monoisotopic (exact) mass is 360 g/mol. The molecule has 3 aliphatic rings. The number of carbonyl (C=O) groups excluding carboxylic acids is 1. The van der Waals surface area contributed by atoms with Gasteiger partial charge in [-0.15, -0.1) is 5.10 Å². The van der Waals surface area contributed by atoms with Gasteiger partial charge in [-0.25, -0.2) is 4.68 Å². The second-order valence-corrected chi connectivity index (χ2v) is 7.36. The molecule has 3 aliphatic heterocycles. The van der Waals surface area contributed by atoms with E-state index in [4.69, 9.17) is 9.15 Å². The molecule has 0 saturated carbocycles. The van der Waals surface area contributed by atoms with Gasteiger partial charge in [0.2, 0.25) is 5.91 Å². The summed E-state index contributed by atoms with van der Waals surface area (Å²) >= 11 is 0. The van der Waals surface area contributed by atoms with Gasteiger partial charge >= 0.3 is 0 Å². The Hall–Kier alpha value is -2.19. The molecule has 2 bridgehead atoms. The van der Waals surface area contributed by atoms with Crippen LogP contribution in [-0.2, 0) is 29.2 Å². The standard InChI is InChI=1S/C18H25N5O3/c1-25-12-14-9-23(21-20-14)10-15-7-13-4-5-22(15)11-17(13)18(24)19-8-16-3-2-6-26-16/h2-3,6,9,13,15,17H,4-5,7-8,10-12H2,1H3,(H,19,24)/p+1/t13-,15+,17-/m0/s1. The fraction of sp³-hybridized carbons (Fsp3) is 0.611. The average Bonchev–Trinajstić information content (AvgIpc) is 3.33. The lowest BCUT2D eigenvalue weighted by atomic mass is 9.75. The van der Waals surface area contributed by atoms with Gasteiger partial charge < -0.3 is 19.4 Å². The van der Waals surface area contributed by atoms with Crippen molar-refractivity contribution in [3.05, 3.63) is 36.0 Å². The van der Waals surface area contributed by atoms with E-state index in [1.54, 1.807) is 13.4 Å². The van der Waals surface area contributed by atoms with Gasteiger partial charge in [0.15, 0.2) is 0 Å². The van der Waals surface area contributed by atoms with E-state index in [1.807, 2.05) is 23.0 Å². The van der Waals surface area contributed by atoms with Crippen molar-refractivity contribution in [2.75, 3.05) is 20.2 Å². The number of nitrogens with zero attached hydrogens (tertiary/aromatic N) is 3. The minimum atomic E-state index is 0.102. The summed E-state index contributed by atoms with van der Waals surface area (Å²) in [7, 11) is 1.66. The molecule has 2 aromatic rings. The largest absolute Gasteiger partial charge is 0.467 e. The lowest BCUT2D eigenvalue weighted by Gasteiger charge is -2.46. The van der Waals surface area contributed by atoms with E-state index in [9.17, 15) is 4.79 Å². The lowest BCUT2D eigenvalue weighted by Crippen LogP contribution is -3.20. The Labute approximate surface area is 152 Å². The van der Waals surface area contributed by atoms with E-state index in [1.165, 1.54) is 4.90 Å². The van der Waals surface area contributed by atoms with Crippen molar-refractivity contribution in [1.29, 1.82) is 0 Å².